The molecule has 1 aliphatic rings. The molecule has 7 heteroatoms. The second kappa shape index (κ2) is 9.87. The van der Waals surface area contributed by atoms with Crippen LogP contribution in [0.5, 0.6) is 11.5 Å². The predicted octanol–water partition coefficient (Wildman–Crippen LogP) is 2.36. The van der Waals surface area contributed by atoms with Crippen LogP contribution < -0.4 is 9.47 Å². The van der Waals surface area contributed by atoms with E-state index in [1.165, 1.54) is 0 Å². The number of aliphatic imine (C=N–C) groups is 1. The second-order valence-corrected chi connectivity index (χ2v) is 5.85. The Morgan fingerprint density at radius 3 is 2.16 bits per heavy atom. The van der Waals surface area contributed by atoms with Gasteiger partial charge < -0.3 is 23.8 Å². The van der Waals surface area contributed by atoms with Crippen LogP contribution in [0, 0.1) is 11.3 Å². The fourth-order valence-electron chi connectivity index (χ4n) is 2.00. The molecule has 0 saturated carbocycles. The lowest BCUT2D eigenvalue weighted by molar-refractivity contribution is 0.0223. The number of rotatable bonds is 3. The molecule has 0 amide bonds. The van der Waals surface area contributed by atoms with Crippen molar-refractivity contribution in [2.75, 3.05) is 46.7 Å². The number of nitrogens with zero attached hydrogens (tertiary/aromatic N) is 3. The first-order valence-electron chi connectivity index (χ1n) is 8.37. The Kier molecular flexibility index (Phi) is 7.51. The number of benzene rings is 1. The van der Waals surface area contributed by atoms with E-state index in [0.29, 0.717) is 68.4 Å². The van der Waals surface area contributed by atoms with Crippen LogP contribution in [-0.2, 0) is 9.47 Å². The van der Waals surface area contributed by atoms with Crippen LogP contribution in [0.1, 0.15) is 19.4 Å². The normalized spacial score (nSPS) is 16.1. The lowest BCUT2D eigenvalue weighted by Gasteiger charge is -2.18. The van der Waals surface area contributed by atoms with Crippen LogP contribution in [0.2, 0.25) is 0 Å². The maximum atomic E-state index is 9.42. The van der Waals surface area contributed by atoms with Gasteiger partial charge in [-0.05, 0) is 13.8 Å². The summed E-state index contributed by atoms with van der Waals surface area (Å²) in [6.07, 6.45) is 1.71. The minimum absolute atomic E-state index is 0.315. The molecule has 0 fully saturated rings. The van der Waals surface area contributed by atoms with Crippen molar-refractivity contribution in [2.24, 2.45) is 4.99 Å². The minimum Gasteiger partial charge on any atom is -0.487 e. The van der Waals surface area contributed by atoms with Crippen LogP contribution in [0.25, 0.3) is 0 Å². The van der Waals surface area contributed by atoms with E-state index in [0.717, 1.165) is 0 Å². The third kappa shape index (κ3) is 5.93. The van der Waals surface area contributed by atoms with Crippen LogP contribution in [0.3, 0.4) is 0 Å². The van der Waals surface area contributed by atoms with Gasteiger partial charge in [-0.15, -0.1) is 0 Å². The Labute approximate surface area is 148 Å². The Balaban J connectivity index is 2.26. The molecule has 1 aliphatic heterocycles. The lowest BCUT2D eigenvalue weighted by atomic mass is 10.1. The predicted molar refractivity (Wildman–Crippen MR) is 94.8 cm³/mol. The summed E-state index contributed by atoms with van der Waals surface area (Å²) in [6.45, 7) is 6.85. The SMILES string of the molecule is CC(C)N(C)/C=N/c1cc2c(cc1C#N)OCCOCCOCCO2. The van der Waals surface area contributed by atoms with E-state index in [9.17, 15) is 5.26 Å². The van der Waals surface area contributed by atoms with Crippen LogP contribution in [-0.4, -0.2) is 64.0 Å². The fourth-order valence-corrected chi connectivity index (χ4v) is 2.00. The average Bonchev–Trinajstić information content (AvgIpc) is 2.60. The summed E-state index contributed by atoms with van der Waals surface area (Å²) in [7, 11) is 1.94. The molecule has 0 aromatic heterocycles. The molecule has 1 heterocycles. The highest BCUT2D eigenvalue weighted by molar-refractivity contribution is 5.68. The van der Waals surface area contributed by atoms with Gasteiger partial charge in [0.15, 0.2) is 11.5 Å². The Bertz CT molecular complexity index is 625. The maximum Gasteiger partial charge on any atom is 0.163 e. The van der Waals surface area contributed by atoms with Crippen molar-refractivity contribution >= 4 is 12.0 Å². The Morgan fingerprint density at radius 2 is 1.60 bits per heavy atom. The zero-order chi connectivity index (χ0) is 18.1. The van der Waals surface area contributed by atoms with E-state index in [-0.39, 0.29) is 0 Å². The van der Waals surface area contributed by atoms with Crippen LogP contribution in [0.15, 0.2) is 17.1 Å². The van der Waals surface area contributed by atoms with Gasteiger partial charge in [-0.2, -0.15) is 5.26 Å². The fraction of sp³-hybridized carbons (Fsp3) is 0.556. The third-order valence-electron chi connectivity index (χ3n) is 3.72. The van der Waals surface area contributed by atoms with Gasteiger partial charge in [0, 0.05) is 25.2 Å². The molecule has 0 bridgehead atoms. The number of ether oxygens (including phenoxy) is 4. The quantitative estimate of drug-likeness (QED) is 0.617. The van der Waals surface area contributed by atoms with Crippen LogP contribution >= 0.6 is 0 Å². The van der Waals surface area contributed by atoms with Gasteiger partial charge in [0.25, 0.3) is 0 Å². The molecule has 0 unspecified atom stereocenters. The Hall–Kier alpha value is -2.30. The van der Waals surface area contributed by atoms with Crippen molar-refractivity contribution in [3.8, 4) is 17.6 Å². The molecule has 2 rings (SSSR count). The molecule has 1 aromatic rings. The van der Waals surface area contributed by atoms with E-state index in [1.54, 1.807) is 18.5 Å². The molecule has 1 aromatic carbocycles. The summed E-state index contributed by atoms with van der Waals surface area (Å²) >= 11 is 0. The molecule has 0 aliphatic carbocycles. The van der Waals surface area contributed by atoms with Gasteiger partial charge in [-0.3, -0.25) is 0 Å². The molecule has 7 nitrogen and oxygen atoms in total. The zero-order valence-electron chi connectivity index (χ0n) is 15.0. The van der Waals surface area contributed by atoms with Crippen molar-refractivity contribution in [3.05, 3.63) is 17.7 Å². The Morgan fingerprint density at radius 1 is 1.04 bits per heavy atom. The van der Waals surface area contributed by atoms with E-state index >= 15 is 0 Å². The van der Waals surface area contributed by atoms with Gasteiger partial charge in [0.2, 0.25) is 0 Å². The van der Waals surface area contributed by atoms with Crippen molar-refractivity contribution in [1.29, 1.82) is 5.26 Å². The molecule has 136 valence electrons. The van der Waals surface area contributed by atoms with E-state index < -0.39 is 0 Å². The highest BCUT2D eigenvalue weighted by Gasteiger charge is 2.13. The molecule has 0 saturated heterocycles. The summed E-state index contributed by atoms with van der Waals surface area (Å²) in [4.78, 5) is 6.38. The maximum absolute atomic E-state index is 9.42. The van der Waals surface area contributed by atoms with Crippen molar-refractivity contribution in [1.82, 2.24) is 4.90 Å². The van der Waals surface area contributed by atoms with Gasteiger partial charge in [-0.1, -0.05) is 0 Å². The van der Waals surface area contributed by atoms with Crippen molar-refractivity contribution in [3.63, 3.8) is 0 Å². The third-order valence-corrected chi connectivity index (χ3v) is 3.72. The molecule has 0 N–H and O–H groups in total. The highest BCUT2D eigenvalue weighted by atomic mass is 16.6. The largest absolute Gasteiger partial charge is 0.487 e. The van der Waals surface area contributed by atoms with E-state index in [1.807, 2.05) is 11.9 Å². The molecule has 0 spiro atoms. The molecular formula is C18H25N3O4. The number of hydrogen-bond donors (Lipinski definition) is 0. The summed E-state index contributed by atoms with van der Waals surface area (Å²) in [6, 6.07) is 5.86. The van der Waals surface area contributed by atoms with E-state index in [4.69, 9.17) is 18.9 Å². The van der Waals surface area contributed by atoms with Crippen molar-refractivity contribution in [2.45, 2.75) is 19.9 Å². The first-order valence-corrected chi connectivity index (χ1v) is 8.37. The lowest BCUT2D eigenvalue weighted by Crippen LogP contribution is -2.24. The standard InChI is InChI=1S/C18H25N3O4/c1-14(2)21(3)13-20-16-11-18-17(10-15(16)12-19)24-8-6-22-4-5-23-7-9-25-18/h10-11,13-14H,4-9H2,1-3H3/b20-13+. The first kappa shape index (κ1) is 19.0. The van der Waals surface area contributed by atoms with E-state index in [2.05, 4.69) is 24.9 Å². The topological polar surface area (TPSA) is 76.3 Å². The monoisotopic (exact) mass is 347 g/mol. The number of nitriles is 1. The molecular weight excluding hydrogens is 322 g/mol. The number of hydrogen-bond acceptors (Lipinski definition) is 6. The second-order valence-electron chi connectivity index (χ2n) is 5.85. The summed E-state index contributed by atoms with van der Waals surface area (Å²) in [5, 5.41) is 9.42. The smallest absolute Gasteiger partial charge is 0.163 e. The van der Waals surface area contributed by atoms with Gasteiger partial charge in [0.1, 0.15) is 19.3 Å². The van der Waals surface area contributed by atoms with Gasteiger partial charge in [-0.25, -0.2) is 4.99 Å². The average molecular weight is 347 g/mol. The van der Waals surface area contributed by atoms with Gasteiger partial charge >= 0.3 is 0 Å². The highest BCUT2D eigenvalue weighted by Crippen LogP contribution is 2.35. The zero-order valence-corrected chi connectivity index (χ0v) is 15.0. The number of fused-ring (bicyclic) bond motifs is 1. The van der Waals surface area contributed by atoms with Gasteiger partial charge in [0.05, 0.1) is 44.0 Å². The minimum atomic E-state index is 0.315. The van der Waals surface area contributed by atoms with Crippen molar-refractivity contribution < 1.29 is 18.9 Å². The molecule has 25 heavy (non-hydrogen) atoms. The summed E-state index contributed by atoms with van der Waals surface area (Å²) < 4.78 is 22.3. The summed E-state index contributed by atoms with van der Waals surface area (Å²) in [5.41, 5.74) is 0.974. The molecule has 0 atom stereocenters. The van der Waals surface area contributed by atoms with Crippen LogP contribution in [0.4, 0.5) is 5.69 Å². The first-order chi connectivity index (χ1) is 12.1. The molecule has 0 radical (unpaired) electrons. The summed E-state index contributed by atoms with van der Waals surface area (Å²) in [5.74, 6) is 1.06.